The maximum absolute atomic E-state index is 13.2. The number of nitrogens with zero attached hydrogens (tertiary/aromatic N) is 2. The lowest BCUT2D eigenvalue weighted by molar-refractivity contribution is -0.144. The average molecular weight is 449 g/mol. The summed E-state index contributed by atoms with van der Waals surface area (Å²) in [6, 6.07) is 7.34. The average Bonchev–Trinajstić information content (AvgIpc) is 2.80. The number of ether oxygens (including phenoxy) is 1. The molecule has 2 fully saturated rings. The zero-order chi connectivity index (χ0) is 22.3. The zero-order valence-corrected chi connectivity index (χ0v) is 19.8. The van der Waals surface area contributed by atoms with Crippen LogP contribution in [-0.2, 0) is 9.59 Å². The molecule has 172 valence electrons. The van der Waals surface area contributed by atoms with Crippen molar-refractivity contribution < 1.29 is 14.3 Å². The molecule has 3 rings (SSSR count). The topological polar surface area (TPSA) is 49.9 Å². The van der Waals surface area contributed by atoms with Crippen molar-refractivity contribution in [2.24, 2.45) is 11.3 Å². The molecular weight excluding hydrogens is 412 g/mol. The van der Waals surface area contributed by atoms with E-state index in [-0.39, 0.29) is 23.1 Å². The van der Waals surface area contributed by atoms with Gasteiger partial charge in [0.05, 0.1) is 6.61 Å². The minimum absolute atomic E-state index is 0.0609. The highest BCUT2D eigenvalue weighted by molar-refractivity contribution is 6.30. The molecule has 2 saturated heterocycles. The van der Waals surface area contributed by atoms with Crippen molar-refractivity contribution in [3.8, 4) is 5.75 Å². The predicted molar refractivity (Wildman–Crippen MR) is 124 cm³/mol. The van der Waals surface area contributed by atoms with E-state index in [9.17, 15) is 9.59 Å². The van der Waals surface area contributed by atoms with Crippen LogP contribution in [0.1, 0.15) is 65.2 Å². The molecule has 1 aromatic rings. The van der Waals surface area contributed by atoms with Gasteiger partial charge in [0.1, 0.15) is 5.75 Å². The van der Waals surface area contributed by atoms with Crippen LogP contribution < -0.4 is 4.74 Å². The van der Waals surface area contributed by atoms with E-state index in [1.807, 2.05) is 34.1 Å². The van der Waals surface area contributed by atoms with Crippen LogP contribution >= 0.6 is 11.6 Å². The van der Waals surface area contributed by atoms with E-state index in [0.29, 0.717) is 24.6 Å². The van der Waals surface area contributed by atoms with Crippen LogP contribution in [-0.4, -0.2) is 54.4 Å². The standard InChI is InChI=1S/C25H37ClN2O3/c1-3-20(4-2)24(30)28-16-8-13-25(18-28,17-23(29)27-14-6-5-7-15-27)19-31-22-11-9-21(26)10-12-22/h9-12,20H,3-8,13-19H2,1-2H3/t25-/m1/s1. The van der Waals surface area contributed by atoms with Gasteiger partial charge in [-0.15, -0.1) is 0 Å². The van der Waals surface area contributed by atoms with Gasteiger partial charge in [-0.1, -0.05) is 25.4 Å². The van der Waals surface area contributed by atoms with E-state index in [1.165, 1.54) is 6.42 Å². The lowest BCUT2D eigenvalue weighted by atomic mass is 9.76. The van der Waals surface area contributed by atoms with Crippen molar-refractivity contribution >= 4 is 23.4 Å². The first-order valence-electron chi connectivity index (χ1n) is 11.9. The first-order valence-corrected chi connectivity index (χ1v) is 12.3. The highest BCUT2D eigenvalue weighted by Gasteiger charge is 2.41. The van der Waals surface area contributed by atoms with Gasteiger partial charge < -0.3 is 14.5 Å². The van der Waals surface area contributed by atoms with Crippen molar-refractivity contribution in [2.45, 2.75) is 65.2 Å². The molecule has 1 aromatic carbocycles. The molecule has 0 spiro atoms. The fourth-order valence-electron chi connectivity index (χ4n) is 4.95. The summed E-state index contributed by atoms with van der Waals surface area (Å²) < 4.78 is 6.17. The molecule has 0 radical (unpaired) electrons. The maximum Gasteiger partial charge on any atom is 0.225 e. The number of carbonyl (C=O) groups is 2. The lowest BCUT2D eigenvalue weighted by Crippen LogP contribution is -2.52. The fourth-order valence-corrected chi connectivity index (χ4v) is 5.07. The number of amides is 2. The Labute approximate surface area is 192 Å². The third-order valence-electron chi connectivity index (χ3n) is 6.90. The molecule has 0 saturated carbocycles. The number of likely N-dealkylation sites (tertiary alicyclic amines) is 2. The normalized spacial score (nSPS) is 21.9. The molecule has 6 heteroatoms. The van der Waals surface area contributed by atoms with E-state index >= 15 is 0 Å². The molecule has 1 atom stereocenters. The smallest absolute Gasteiger partial charge is 0.225 e. The molecule has 0 aromatic heterocycles. The van der Waals surface area contributed by atoms with Gasteiger partial charge in [0.2, 0.25) is 11.8 Å². The molecule has 0 N–H and O–H groups in total. The highest BCUT2D eigenvalue weighted by Crippen LogP contribution is 2.36. The third kappa shape index (κ3) is 6.38. The summed E-state index contributed by atoms with van der Waals surface area (Å²) in [5.41, 5.74) is -0.353. The molecule has 5 nitrogen and oxygen atoms in total. The maximum atomic E-state index is 13.2. The molecule has 2 aliphatic heterocycles. The van der Waals surface area contributed by atoms with Gasteiger partial charge in [0.15, 0.2) is 0 Å². The number of hydrogen-bond acceptors (Lipinski definition) is 3. The number of piperidine rings is 2. The summed E-state index contributed by atoms with van der Waals surface area (Å²) in [5.74, 6) is 1.24. The molecule has 2 heterocycles. The molecule has 2 amide bonds. The van der Waals surface area contributed by atoms with Crippen molar-refractivity contribution in [1.82, 2.24) is 9.80 Å². The van der Waals surface area contributed by atoms with Crippen molar-refractivity contribution in [3.05, 3.63) is 29.3 Å². The molecule has 31 heavy (non-hydrogen) atoms. The number of benzene rings is 1. The Balaban J connectivity index is 1.76. The zero-order valence-electron chi connectivity index (χ0n) is 19.1. The lowest BCUT2D eigenvalue weighted by Gasteiger charge is -2.44. The Hall–Kier alpha value is -1.75. The quantitative estimate of drug-likeness (QED) is 0.551. The Morgan fingerprint density at radius 2 is 1.65 bits per heavy atom. The SMILES string of the molecule is CCC(CC)C(=O)N1CCC[C@@](COc2ccc(Cl)cc2)(CC(=O)N2CCCCC2)C1. The van der Waals surface area contributed by atoms with E-state index in [2.05, 4.69) is 13.8 Å². The Kier molecular flexibility index (Phi) is 8.65. The van der Waals surface area contributed by atoms with Gasteiger partial charge in [0.25, 0.3) is 0 Å². The van der Waals surface area contributed by atoms with E-state index in [1.54, 1.807) is 0 Å². The first kappa shape index (κ1) is 23.9. The van der Waals surface area contributed by atoms with Gasteiger partial charge in [-0.3, -0.25) is 9.59 Å². The van der Waals surface area contributed by atoms with Crippen molar-refractivity contribution in [3.63, 3.8) is 0 Å². The van der Waals surface area contributed by atoms with Gasteiger partial charge >= 0.3 is 0 Å². The number of halogens is 1. The van der Waals surface area contributed by atoms with Crippen LogP contribution in [0, 0.1) is 11.3 Å². The number of hydrogen-bond donors (Lipinski definition) is 0. The molecule has 2 aliphatic rings. The second-order valence-corrected chi connectivity index (χ2v) is 9.67. The highest BCUT2D eigenvalue weighted by atomic mass is 35.5. The molecular formula is C25H37ClN2O3. The fraction of sp³-hybridized carbons (Fsp3) is 0.680. The van der Waals surface area contributed by atoms with E-state index < -0.39 is 0 Å². The van der Waals surface area contributed by atoms with Crippen LogP contribution in [0.5, 0.6) is 5.75 Å². The summed E-state index contributed by atoms with van der Waals surface area (Å²) in [7, 11) is 0. The minimum atomic E-state index is -0.353. The van der Waals surface area contributed by atoms with Crippen molar-refractivity contribution in [2.75, 3.05) is 32.8 Å². The van der Waals surface area contributed by atoms with Crippen LogP contribution in [0.4, 0.5) is 0 Å². The minimum Gasteiger partial charge on any atom is -0.493 e. The summed E-state index contributed by atoms with van der Waals surface area (Å²) in [6.45, 7) is 7.65. The van der Waals surface area contributed by atoms with Crippen LogP contribution in [0.25, 0.3) is 0 Å². The van der Waals surface area contributed by atoms with Gasteiger partial charge in [0, 0.05) is 49.0 Å². The van der Waals surface area contributed by atoms with Gasteiger partial charge in [-0.2, -0.15) is 0 Å². The number of rotatable bonds is 8. The monoisotopic (exact) mass is 448 g/mol. The Morgan fingerprint density at radius 3 is 2.29 bits per heavy atom. The summed E-state index contributed by atoms with van der Waals surface area (Å²) >= 11 is 6.00. The summed E-state index contributed by atoms with van der Waals surface area (Å²) in [4.78, 5) is 30.3. The van der Waals surface area contributed by atoms with E-state index in [0.717, 1.165) is 63.9 Å². The largest absolute Gasteiger partial charge is 0.493 e. The van der Waals surface area contributed by atoms with Crippen molar-refractivity contribution in [1.29, 1.82) is 0 Å². The second-order valence-electron chi connectivity index (χ2n) is 9.24. The Morgan fingerprint density at radius 1 is 1.00 bits per heavy atom. The second kappa shape index (κ2) is 11.2. The van der Waals surface area contributed by atoms with E-state index in [4.69, 9.17) is 16.3 Å². The predicted octanol–water partition coefficient (Wildman–Crippen LogP) is 5.17. The number of carbonyl (C=O) groups excluding carboxylic acids is 2. The summed E-state index contributed by atoms with van der Waals surface area (Å²) in [5, 5.41) is 0.668. The molecule has 0 aliphatic carbocycles. The third-order valence-corrected chi connectivity index (χ3v) is 7.15. The van der Waals surface area contributed by atoms with Crippen LogP contribution in [0.15, 0.2) is 24.3 Å². The van der Waals surface area contributed by atoms with Gasteiger partial charge in [-0.25, -0.2) is 0 Å². The Bertz CT molecular complexity index is 729. The summed E-state index contributed by atoms with van der Waals surface area (Å²) in [6.07, 6.45) is 7.31. The molecule has 0 bridgehead atoms. The first-order chi connectivity index (χ1) is 15.0. The van der Waals surface area contributed by atoms with Crippen LogP contribution in [0.3, 0.4) is 0 Å². The molecule has 0 unspecified atom stereocenters. The van der Waals surface area contributed by atoms with Gasteiger partial charge in [-0.05, 0) is 69.2 Å². The van der Waals surface area contributed by atoms with Crippen LogP contribution in [0.2, 0.25) is 5.02 Å².